The minimum absolute atomic E-state index is 0.00263. The number of pyridine rings is 1. The van der Waals surface area contributed by atoms with Crippen molar-refractivity contribution in [2.75, 3.05) is 18.5 Å². The highest BCUT2D eigenvalue weighted by molar-refractivity contribution is 5.96. The molecule has 0 saturated carbocycles. The second-order valence-electron chi connectivity index (χ2n) is 7.09. The van der Waals surface area contributed by atoms with Crippen LogP contribution in [0, 0.1) is 0 Å². The Labute approximate surface area is 172 Å². The minimum Gasteiger partial charge on any atom is -0.327 e. The quantitative estimate of drug-likeness (QED) is 0.694. The van der Waals surface area contributed by atoms with E-state index in [1.165, 1.54) is 10.9 Å². The first kappa shape index (κ1) is 19.7. The maximum absolute atomic E-state index is 12.8. The SMILES string of the molecule is CN1C(=O)CCc2cc(-c3cccc(-n4cnn(C/C(=C/F)CN)c4=O)n3)ccc21. The summed E-state index contributed by atoms with van der Waals surface area (Å²) in [6.45, 7) is -0.0156. The lowest BCUT2D eigenvalue weighted by atomic mass is 9.98. The summed E-state index contributed by atoms with van der Waals surface area (Å²) in [5.74, 6) is 0.513. The van der Waals surface area contributed by atoms with Gasteiger partial charge in [-0.1, -0.05) is 12.1 Å². The van der Waals surface area contributed by atoms with E-state index >= 15 is 0 Å². The number of hydrogen-bond donors (Lipinski definition) is 1. The van der Waals surface area contributed by atoms with Crippen LogP contribution in [0.15, 0.2) is 59.4 Å². The van der Waals surface area contributed by atoms with Gasteiger partial charge in [0.1, 0.15) is 12.1 Å². The van der Waals surface area contributed by atoms with Crippen LogP contribution in [-0.4, -0.2) is 38.8 Å². The van der Waals surface area contributed by atoms with E-state index < -0.39 is 5.69 Å². The molecular formula is C21H21FN6O2. The summed E-state index contributed by atoms with van der Waals surface area (Å²) in [4.78, 5) is 30.8. The number of carbonyl (C=O) groups excluding carboxylic acids is 1. The Hall–Kier alpha value is -3.59. The predicted octanol–water partition coefficient (Wildman–Crippen LogP) is 1.82. The fourth-order valence-corrected chi connectivity index (χ4v) is 3.47. The van der Waals surface area contributed by atoms with Crippen molar-refractivity contribution in [2.45, 2.75) is 19.4 Å². The van der Waals surface area contributed by atoms with Gasteiger partial charge in [-0.2, -0.15) is 5.10 Å². The first-order chi connectivity index (χ1) is 14.5. The number of halogens is 1. The van der Waals surface area contributed by atoms with Crippen LogP contribution in [0.4, 0.5) is 10.1 Å². The summed E-state index contributed by atoms with van der Waals surface area (Å²) in [6.07, 6.45) is 2.91. The molecule has 9 heteroatoms. The third-order valence-electron chi connectivity index (χ3n) is 5.20. The lowest BCUT2D eigenvalue weighted by Gasteiger charge is -2.26. The summed E-state index contributed by atoms with van der Waals surface area (Å²) in [6, 6.07) is 11.2. The predicted molar refractivity (Wildman–Crippen MR) is 111 cm³/mol. The van der Waals surface area contributed by atoms with Gasteiger partial charge in [0.05, 0.1) is 18.6 Å². The summed E-state index contributed by atoms with van der Waals surface area (Å²) in [5.41, 5.74) is 8.86. The molecule has 3 aromatic rings. The van der Waals surface area contributed by atoms with Crippen LogP contribution in [0.25, 0.3) is 17.1 Å². The first-order valence-corrected chi connectivity index (χ1v) is 9.51. The smallest absolute Gasteiger partial charge is 0.327 e. The molecule has 1 amide bonds. The number of hydrogen-bond acceptors (Lipinski definition) is 5. The second kappa shape index (κ2) is 8.03. The second-order valence-corrected chi connectivity index (χ2v) is 7.09. The molecule has 0 fully saturated rings. The number of rotatable bonds is 5. The Kier molecular flexibility index (Phi) is 5.28. The van der Waals surface area contributed by atoms with Gasteiger partial charge in [0, 0.05) is 31.3 Å². The average molecular weight is 408 g/mol. The zero-order valence-corrected chi connectivity index (χ0v) is 16.5. The van der Waals surface area contributed by atoms with Crippen LogP contribution < -0.4 is 16.3 Å². The molecule has 0 bridgehead atoms. The van der Waals surface area contributed by atoms with Crippen molar-refractivity contribution in [3.05, 3.63) is 70.7 Å². The molecule has 0 saturated heterocycles. The summed E-state index contributed by atoms with van der Waals surface area (Å²) >= 11 is 0. The first-order valence-electron chi connectivity index (χ1n) is 9.51. The minimum atomic E-state index is -0.432. The number of anilines is 1. The van der Waals surface area contributed by atoms with Gasteiger partial charge in [-0.3, -0.25) is 4.79 Å². The van der Waals surface area contributed by atoms with E-state index in [9.17, 15) is 14.0 Å². The molecule has 2 N–H and O–H groups in total. The Morgan fingerprint density at radius 3 is 2.83 bits per heavy atom. The number of nitrogens with two attached hydrogens (primary N) is 1. The van der Waals surface area contributed by atoms with E-state index in [1.54, 1.807) is 18.0 Å². The lowest BCUT2D eigenvalue weighted by molar-refractivity contribution is -0.118. The largest absolute Gasteiger partial charge is 0.351 e. The van der Waals surface area contributed by atoms with Crippen molar-refractivity contribution >= 4 is 11.6 Å². The monoisotopic (exact) mass is 408 g/mol. The van der Waals surface area contributed by atoms with Gasteiger partial charge in [0.15, 0.2) is 0 Å². The van der Waals surface area contributed by atoms with Crippen LogP contribution >= 0.6 is 0 Å². The summed E-state index contributed by atoms with van der Waals surface area (Å²) < 4.78 is 15.2. The molecule has 154 valence electrons. The van der Waals surface area contributed by atoms with E-state index in [0.717, 1.165) is 21.5 Å². The molecule has 0 unspecified atom stereocenters. The molecular weight excluding hydrogens is 387 g/mol. The van der Waals surface area contributed by atoms with Crippen LogP contribution in [0.3, 0.4) is 0 Å². The highest BCUT2D eigenvalue weighted by Gasteiger charge is 2.21. The third-order valence-corrected chi connectivity index (χ3v) is 5.20. The molecule has 30 heavy (non-hydrogen) atoms. The van der Waals surface area contributed by atoms with Crippen molar-refractivity contribution in [1.82, 2.24) is 19.3 Å². The Bertz CT molecular complexity index is 1200. The third kappa shape index (κ3) is 3.55. The Balaban J connectivity index is 1.67. The molecule has 3 heterocycles. The van der Waals surface area contributed by atoms with E-state index in [2.05, 4.69) is 10.1 Å². The van der Waals surface area contributed by atoms with Gasteiger partial charge >= 0.3 is 5.69 Å². The highest BCUT2D eigenvalue weighted by Crippen LogP contribution is 2.30. The lowest BCUT2D eigenvalue weighted by Crippen LogP contribution is -2.31. The maximum Gasteiger partial charge on any atom is 0.351 e. The zero-order valence-electron chi connectivity index (χ0n) is 16.5. The number of amides is 1. The molecule has 2 aromatic heterocycles. The standard InChI is InChI=1S/C21H21FN6O2/c1-26-18-7-5-15(9-16(18)6-8-20(26)29)17-3-2-4-19(25-17)27-13-24-28(21(27)30)12-14(10-22)11-23/h2-5,7,9-10,13H,6,8,11-12,23H2,1H3/b14-10+. The molecule has 0 spiro atoms. The van der Waals surface area contributed by atoms with Crippen LogP contribution in [0.2, 0.25) is 0 Å². The topological polar surface area (TPSA) is 99.0 Å². The number of aromatic nitrogens is 4. The average Bonchev–Trinajstić information content (AvgIpc) is 3.14. The van der Waals surface area contributed by atoms with E-state index in [-0.39, 0.29) is 24.6 Å². The molecule has 1 aliphatic rings. The van der Waals surface area contributed by atoms with Crippen molar-refractivity contribution < 1.29 is 9.18 Å². The van der Waals surface area contributed by atoms with Gasteiger partial charge in [-0.25, -0.2) is 23.4 Å². The van der Waals surface area contributed by atoms with Gasteiger partial charge in [-0.05, 0) is 41.8 Å². The van der Waals surface area contributed by atoms with E-state index in [1.807, 2.05) is 30.3 Å². The van der Waals surface area contributed by atoms with Gasteiger partial charge < -0.3 is 10.6 Å². The molecule has 0 radical (unpaired) electrons. The Morgan fingerprint density at radius 1 is 1.23 bits per heavy atom. The number of nitrogens with zero attached hydrogens (tertiary/aromatic N) is 5. The molecule has 8 nitrogen and oxygen atoms in total. The zero-order chi connectivity index (χ0) is 21.3. The van der Waals surface area contributed by atoms with Gasteiger partial charge in [-0.15, -0.1) is 0 Å². The number of aryl methyl sites for hydroxylation is 1. The van der Waals surface area contributed by atoms with E-state index in [0.29, 0.717) is 30.7 Å². The number of fused-ring (bicyclic) bond motifs is 1. The Morgan fingerprint density at radius 2 is 2.07 bits per heavy atom. The fraction of sp³-hybridized carbons (Fsp3) is 0.238. The van der Waals surface area contributed by atoms with Crippen molar-refractivity contribution in [3.63, 3.8) is 0 Å². The van der Waals surface area contributed by atoms with Crippen molar-refractivity contribution in [2.24, 2.45) is 5.73 Å². The molecule has 0 aliphatic carbocycles. The van der Waals surface area contributed by atoms with Crippen LogP contribution in [0.1, 0.15) is 12.0 Å². The van der Waals surface area contributed by atoms with Crippen molar-refractivity contribution in [1.29, 1.82) is 0 Å². The molecule has 0 atom stereocenters. The van der Waals surface area contributed by atoms with Crippen LogP contribution in [0.5, 0.6) is 0 Å². The maximum atomic E-state index is 12.8. The number of benzene rings is 1. The fourth-order valence-electron chi connectivity index (χ4n) is 3.47. The van der Waals surface area contributed by atoms with Crippen molar-refractivity contribution in [3.8, 4) is 17.1 Å². The van der Waals surface area contributed by atoms with Gasteiger partial charge in [0.25, 0.3) is 0 Å². The number of carbonyl (C=O) groups is 1. The van der Waals surface area contributed by atoms with Crippen LogP contribution in [-0.2, 0) is 17.8 Å². The summed E-state index contributed by atoms with van der Waals surface area (Å²) in [7, 11) is 1.77. The summed E-state index contributed by atoms with van der Waals surface area (Å²) in [5, 5.41) is 4.03. The van der Waals surface area contributed by atoms with E-state index in [4.69, 9.17) is 5.73 Å². The molecule has 1 aliphatic heterocycles. The normalized spacial score (nSPS) is 14.2. The molecule has 4 rings (SSSR count). The highest BCUT2D eigenvalue weighted by atomic mass is 19.1. The van der Waals surface area contributed by atoms with Gasteiger partial charge in [0.2, 0.25) is 5.91 Å². The molecule has 1 aromatic carbocycles.